The van der Waals surface area contributed by atoms with Crippen LogP contribution in [0.25, 0.3) is 0 Å². The highest BCUT2D eigenvalue weighted by molar-refractivity contribution is 6.83. The van der Waals surface area contributed by atoms with Gasteiger partial charge in [0.1, 0.15) is 25.6 Å². The summed E-state index contributed by atoms with van der Waals surface area (Å²) in [5, 5.41) is 3.11. The van der Waals surface area contributed by atoms with E-state index in [2.05, 4.69) is 54.6 Å². The molecule has 1 spiro atoms. The van der Waals surface area contributed by atoms with Crippen LogP contribution in [0.5, 0.6) is 0 Å². The Labute approximate surface area is 185 Å². The molecule has 4 aliphatic rings. The average molecular weight is 437 g/mol. The van der Waals surface area contributed by atoms with Crippen molar-refractivity contribution in [3.05, 3.63) is 35.3 Å². The Bertz CT molecular complexity index is 1010. The number of carbonyl (C=O) groups is 2. The molecule has 0 unspecified atom stereocenters. The van der Waals surface area contributed by atoms with Gasteiger partial charge in [0.15, 0.2) is 0 Å². The summed E-state index contributed by atoms with van der Waals surface area (Å²) in [6.07, 6.45) is 9.82. The quantitative estimate of drug-likeness (QED) is 0.432. The summed E-state index contributed by atoms with van der Waals surface area (Å²) in [5.41, 5.74) is 3.99. The molecule has 4 atom stereocenters. The summed E-state index contributed by atoms with van der Waals surface area (Å²) in [5.74, 6) is 5.50. The summed E-state index contributed by atoms with van der Waals surface area (Å²) < 4.78 is 6.42. The zero-order chi connectivity index (χ0) is 21.8. The van der Waals surface area contributed by atoms with Gasteiger partial charge >= 0.3 is 0 Å². The third-order valence-corrected chi connectivity index (χ3v) is 8.19. The molecule has 2 fully saturated rings. The minimum atomic E-state index is -1.37. The number of fused-ring (bicyclic) bond motifs is 5. The number of nitrogens with zero attached hydrogens (tertiary/aromatic N) is 1. The highest BCUT2D eigenvalue weighted by Crippen LogP contribution is 2.66. The van der Waals surface area contributed by atoms with E-state index in [4.69, 9.17) is 4.42 Å². The molecule has 0 bridgehead atoms. The second-order valence-electron chi connectivity index (χ2n) is 10.5. The smallest absolute Gasteiger partial charge is 0.229 e. The molecule has 2 amide bonds. The molecule has 1 aromatic rings. The summed E-state index contributed by atoms with van der Waals surface area (Å²) in [7, 11) is -1.37. The van der Waals surface area contributed by atoms with E-state index in [1.54, 1.807) is 0 Å². The van der Waals surface area contributed by atoms with Gasteiger partial charge in [-0.15, -0.1) is 11.5 Å². The Morgan fingerprint density at radius 1 is 1.32 bits per heavy atom. The summed E-state index contributed by atoms with van der Waals surface area (Å²) in [6, 6.07) is 1.86. The van der Waals surface area contributed by atoms with Crippen LogP contribution in [0.2, 0.25) is 19.6 Å². The van der Waals surface area contributed by atoms with Crippen LogP contribution in [0.1, 0.15) is 67.6 Å². The maximum atomic E-state index is 13.3. The van der Waals surface area contributed by atoms with Crippen LogP contribution >= 0.6 is 0 Å². The molecule has 6 heteroatoms. The number of hydrogen-bond donors (Lipinski definition) is 1. The third kappa shape index (κ3) is 3.29. The first kappa shape index (κ1) is 20.6. The summed E-state index contributed by atoms with van der Waals surface area (Å²) >= 11 is 0. The van der Waals surface area contributed by atoms with Gasteiger partial charge in [-0.3, -0.25) is 9.59 Å². The Kier molecular flexibility index (Phi) is 4.93. The number of rotatable bonds is 2. The lowest BCUT2D eigenvalue weighted by atomic mass is 9.68. The van der Waals surface area contributed by atoms with Crippen molar-refractivity contribution in [1.29, 1.82) is 0 Å². The Hall–Kier alpha value is -2.26. The molecular formula is C25H32N2O3Si. The zero-order valence-corrected chi connectivity index (χ0v) is 19.8. The molecule has 164 valence electrons. The van der Waals surface area contributed by atoms with Crippen LogP contribution in [-0.4, -0.2) is 37.4 Å². The fraction of sp³-hybridized carbons (Fsp3) is 0.600. The molecule has 3 aliphatic heterocycles. The van der Waals surface area contributed by atoms with Crippen molar-refractivity contribution in [3.63, 3.8) is 0 Å². The standard InChI is InChI=1S/C25H32N2O3Si/c1-31(2,3)14-8-7-10-18-15-19-20-12-13-26-24(29)25(20)16-17-9-5-4-6-11-21(28)27(17)23(25)22(19)30-18/h5,9,15,17,20,23H,4,6-7,10-13,16H2,1-3H3,(H,26,29)/b9-5-/t17-,20+,23+,25+/m1/s1. The molecule has 0 radical (unpaired) electrons. The normalized spacial score (nSPS) is 32.6. The summed E-state index contributed by atoms with van der Waals surface area (Å²) in [6.45, 7) is 7.44. The first-order valence-electron chi connectivity index (χ1n) is 11.7. The predicted octanol–water partition coefficient (Wildman–Crippen LogP) is 4.08. The van der Waals surface area contributed by atoms with Gasteiger partial charge in [-0.05, 0) is 31.7 Å². The number of allylic oxidation sites excluding steroid dienone is 1. The van der Waals surface area contributed by atoms with E-state index < -0.39 is 13.5 Å². The zero-order valence-electron chi connectivity index (χ0n) is 18.8. The van der Waals surface area contributed by atoms with E-state index in [0.717, 1.165) is 49.2 Å². The number of furan rings is 1. The molecular weight excluding hydrogens is 404 g/mol. The lowest BCUT2D eigenvalue weighted by Crippen LogP contribution is -2.50. The highest BCUT2D eigenvalue weighted by Gasteiger charge is 2.68. The van der Waals surface area contributed by atoms with Gasteiger partial charge in [0.2, 0.25) is 11.8 Å². The summed E-state index contributed by atoms with van der Waals surface area (Å²) in [4.78, 5) is 28.5. The molecule has 1 N–H and O–H groups in total. The van der Waals surface area contributed by atoms with Crippen LogP contribution in [-0.2, 0) is 16.0 Å². The van der Waals surface area contributed by atoms with Crippen molar-refractivity contribution in [1.82, 2.24) is 10.2 Å². The number of carbonyl (C=O) groups excluding carboxylic acids is 2. The monoisotopic (exact) mass is 436 g/mol. The lowest BCUT2D eigenvalue weighted by molar-refractivity contribution is -0.140. The topological polar surface area (TPSA) is 62.6 Å². The van der Waals surface area contributed by atoms with Gasteiger partial charge < -0.3 is 14.6 Å². The van der Waals surface area contributed by atoms with Crippen LogP contribution in [0, 0.1) is 16.9 Å². The number of nitrogens with one attached hydrogen (secondary N) is 1. The average Bonchev–Trinajstić information content (AvgIpc) is 3.30. The van der Waals surface area contributed by atoms with E-state index in [1.807, 2.05) is 4.90 Å². The molecule has 1 aliphatic carbocycles. The van der Waals surface area contributed by atoms with Gasteiger partial charge in [-0.1, -0.05) is 31.8 Å². The minimum Gasteiger partial charge on any atom is -0.463 e. The van der Waals surface area contributed by atoms with Crippen LogP contribution < -0.4 is 5.32 Å². The number of hydrogen-bond acceptors (Lipinski definition) is 3. The van der Waals surface area contributed by atoms with Crippen LogP contribution in [0.4, 0.5) is 0 Å². The number of piperidine rings is 1. The molecule has 0 aromatic carbocycles. The minimum absolute atomic E-state index is 0.0199. The Morgan fingerprint density at radius 3 is 2.97 bits per heavy atom. The Balaban J connectivity index is 1.51. The van der Waals surface area contributed by atoms with Gasteiger partial charge in [0, 0.05) is 37.3 Å². The van der Waals surface area contributed by atoms with E-state index in [9.17, 15) is 9.59 Å². The van der Waals surface area contributed by atoms with Gasteiger partial charge in [-0.25, -0.2) is 0 Å². The number of amides is 2. The van der Waals surface area contributed by atoms with Crippen LogP contribution in [0.15, 0.2) is 22.6 Å². The molecule has 1 aromatic heterocycles. The van der Waals surface area contributed by atoms with Crippen molar-refractivity contribution < 1.29 is 14.0 Å². The fourth-order valence-electron chi connectivity index (χ4n) is 6.09. The largest absolute Gasteiger partial charge is 0.463 e. The van der Waals surface area contributed by atoms with Crippen molar-refractivity contribution in [2.24, 2.45) is 5.41 Å². The highest BCUT2D eigenvalue weighted by atomic mass is 28.3. The molecule has 2 saturated heterocycles. The molecule has 31 heavy (non-hydrogen) atoms. The van der Waals surface area contributed by atoms with Gasteiger partial charge in [0.05, 0.1) is 11.5 Å². The van der Waals surface area contributed by atoms with Crippen molar-refractivity contribution in [3.8, 4) is 11.5 Å². The first-order chi connectivity index (χ1) is 14.8. The van der Waals surface area contributed by atoms with E-state index in [-0.39, 0.29) is 29.8 Å². The molecule has 0 saturated carbocycles. The van der Waals surface area contributed by atoms with Crippen LogP contribution in [0.3, 0.4) is 0 Å². The van der Waals surface area contributed by atoms with Crippen molar-refractivity contribution >= 4 is 19.9 Å². The SMILES string of the molecule is C[Si](C)(C)C#CCCc1cc2c(o1)[C@@H]1N3C(=O)CCC/C=C\[C@@H]3C[C@@]13C(=O)NCC[C@@H]23. The van der Waals surface area contributed by atoms with E-state index in [1.165, 1.54) is 0 Å². The second-order valence-corrected chi connectivity index (χ2v) is 15.3. The third-order valence-electron chi connectivity index (χ3n) is 7.27. The fourth-order valence-corrected chi connectivity index (χ4v) is 6.74. The van der Waals surface area contributed by atoms with E-state index >= 15 is 0 Å². The van der Waals surface area contributed by atoms with Crippen molar-refractivity contribution in [2.45, 2.75) is 82.6 Å². The van der Waals surface area contributed by atoms with E-state index in [0.29, 0.717) is 19.4 Å². The first-order valence-corrected chi connectivity index (χ1v) is 15.2. The molecule has 4 heterocycles. The maximum Gasteiger partial charge on any atom is 0.229 e. The maximum absolute atomic E-state index is 13.3. The lowest BCUT2D eigenvalue weighted by Gasteiger charge is -2.38. The van der Waals surface area contributed by atoms with Gasteiger partial charge in [0.25, 0.3) is 0 Å². The number of aryl methyl sites for hydroxylation is 1. The van der Waals surface area contributed by atoms with Crippen molar-refractivity contribution in [2.75, 3.05) is 6.54 Å². The molecule has 5 nitrogen and oxygen atoms in total. The Morgan fingerprint density at radius 2 is 2.16 bits per heavy atom. The molecule has 5 rings (SSSR count). The van der Waals surface area contributed by atoms with Gasteiger partial charge in [-0.2, -0.15) is 0 Å². The predicted molar refractivity (Wildman–Crippen MR) is 122 cm³/mol. The second kappa shape index (κ2) is 7.41.